The van der Waals surface area contributed by atoms with E-state index in [1.807, 2.05) is 37.3 Å². The number of thioether (sulfide) groups is 1. The molecule has 2 saturated carbocycles. The molecule has 9 heteroatoms. The van der Waals surface area contributed by atoms with E-state index in [1.165, 1.54) is 35.9 Å². The zero-order valence-electron chi connectivity index (χ0n) is 18.6. The number of aromatic nitrogens is 3. The van der Waals surface area contributed by atoms with E-state index < -0.39 is 11.2 Å². The molecule has 3 aromatic rings. The van der Waals surface area contributed by atoms with Crippen LogP contribution in [0.25, 0.3) is 10.4 Å². The van der Waals surface area contributed by atoms with Crippen molar-refractivity contribution in [2.75, 3.05) is 11.9 Å². The molecule has 0 bridgehead atoms. The molecule has 2 aromatic heterocycles. The second-order valence-corrected chi connectivity index (χ2v) is 10.8. The van der Waals surface area contributed by atoms with Gasteiger partial charge in [-0.15, -0.1) is 21.5 Å². The van der Waals surface area contributed by atoms with E-state index in [0.717, 1.165) is 34.3 Å². The largest absolute Gasteiger partial charge is 0.462 e. The zero-order valence-corrected chi connectivity index (χ0v) is 20.2. The molecule has 2 aliphatic rings. The lowest BCUT2D eigenvalue weighted by atomic mass is 10.1. The van der Waals surface area contributed by atoms with E-state index in [0.29, 0.717) is 22.5 Å². The van der Waals surface area contributed by atoms with Crippen LogP contribution in [0.15, 0.2) is 41.6 Å². The fraction of sp³-hybridized carbons (Fsp3) is 0.417. The molecular formula is C24H26N4O3S2. The number of rotatable bonds is 9. The van der Waals surface area contributed by atoms with E-state index >= 15 is 0 Å². The van der Waals surface area contributed by atoms with Gasteiger partial charge < -0.3 is 14.6 Å². The third-order valence-electron chi connectivity index (χ3n) is 5.72. The Bertz CT molecular complexity index is 1170. The summed E-state index contributed by atoms with van der Waals surface area (Å²) in [4.78, 5) is 26.6. The Hall–Kier alpha value is -2.65. The Kier molecular flexibility index (Phi) is 6.25. The summed E-state index contributed by atoms with van der Waals surface area (Å²) in [5.41, 5.74) is 1.37. The number of hydrogen-bond donors (Lipinski definition) is 1. The van der Waals surface area contributed by atoms with Gasteiger partial charge in [0.2, 0.25) is 5.91 Å². The van der Waals surface area contributed by atoms with Crippen LogP contribution in [0, 0.1) is 0 Å². The second kappa shape index (κ2) is 9.30. The summed E-state index contributed by atoms with van der Waals surface area (Å²) in [6, 6.07) is 12.1. The van der Waals surface area contributed by atoms with Gasteiger partial charge in [-0.2, -0.15) is 0 Å². The molecule has 5 rings (SSSR count). The van der Waals surface area contributed by atoms with E-state index in [2.05, 4.69) is 20.1 Å². The van der Waals surface area contributed by atoms with Gasteiger partial charge in [0, 0.05) is 16.8 Å². The minimum Gasteiger partial charge on any atom is -0.462 e. The molecule has 0 radical (unpaired) electrons. The van der Waals surface area contributed by atoms with Crippen molar-refractivity contribution in [1.82, 2.24) is 14.8 Å². The average molecular weight is 483 g/mol. The van der Waals surface area contributed by atoms with Gasteiger partial charge in [0.15, 0.2) is 5.16 Å². The standard InChI is InChI=1S/C24H26N4O3S2/c1-3-31-23(30)18-13-19(15-7-5-4-6-8-15)33-22(18)25-21(29)14(2)32-24-27-26-20(16-9-10-16)28(24)17-11-12-17/h4-8,13-14,16-17H,3,9-12H2,1-2H3,(H,25,29). The number of ether oxygens (including phenoxy) is 1. The van der Waals surface area contributed by atoms with Gasteiger partial charge in [-0.3, -0.25) is 4.79 Å². The third kappa shape index (κ3) is 4.84. The minimum atomic E-state index is -0.436. The van der Waals surface area contributed by atoms with Gasteiger partial charge in [0.1, 0.15) is 10.8 Å². The van der Waals surface area contributed by atoms with Gasteiger partial charge in [-0.1, -0.05) is 42.1 Å². The second-order valence-electron chi connectivity index (χ2n) is 8.41. The molecule has 0 aliphatic heterocycles. The van der Waals surface area contributed by atoms with Crippen molar-refractivity contribution in [2.24, 2.45) is 0 Å². The van der Waals surface area contributed by atoms with Crippen LogP contribution in [0.5, 0.6) is 0 Å². The number of nitrogens with one attached hydrogen (secondary N) is 1. The maximum atomic E-state index is 13.1. The number of esters is 1. The Morgan fingerprint density at radius 2 is 1.97 bits per heavy atom. The lowest BCUT2D eigenvalue weighted by Crippen LogP contribution is -2.23. The number of thiophene rings is 1. The zero-order chi connectivity index (χ0) is 22.9. The molecule has 1 aromatic carbocycles. The number of anilines is 1. The maximum Gasteiger partial charge on any atom is 0.341 e. The topological polar surface area (TPSA) is 86.1 Å². The maximum absolute atomic E-state index is 13.1. The van der Waals surface area contributed by atoms with Crippen LogP contribution in [-0.2, 0) is 9.53 Å². The molecule has 1 N–H and O–H groups in total. The number of amides is 1. The van der Waals surface area contributed by atoms with Crippen LogP contribution < -0.4 is 5.32 Å². The SMILES string of the molecule is CCOC(=O)c1cc(-c2ccccc2)sc1NC(=O)C(C)Sc1nnc(C2CC2)n1C1CC1. The average Bonchev–Trinajstić information content (AvgIpc) is 3.75. The Morgan fingerprint density at radius 1 is 1.21 bits per heavy atom. The van der Waals surface area contributed by atoms with Crippen LogP contribution in [0.4, 0.5) is 5.00 Å². The highest BCUT2D eigenvalue weighted by Gasteiger charge is 2.37. The molecule has 7 nitrogen and oxygen atoms in total. The van der Waals surface area contributed by atoms with Crippen molar-refractivity contribution in [1.29, 1.82) is 0 Å². The Morgan fingerprint density at radius 3 is 2.64 bits per heavy atom. The number of carbonyl (C=O) groups is 2. The molecule has 1 unspecified atom stereocenters. The normalized spacial score (nSPS) is 16.4. The highest BCUT2D eigenvalue weighted by molar-refractivity contribution is 8.00. The van der Waals surface area contributed by atoms with Crippen LogP contribution in [-0.4, -0.2) is 38.5 Å². The summed E-state index contributed by atoms with van der Waals surface area (Å²) < 4.78 is 7.47. The van der Waals surface area contributed by atoms with Crippen LogP contribution >= 0.6 is 23.1 Å². The molecule has 1 atom stereocenters. The number of carbonyl (C=O) groups excluding carboxylic acids is 2. The summed E-state index contributed by atoms with van der Waals surface area (Å²) in [5, 5.41) is 12.7. The Labute approximate surface area is 200 Å². The summed E-state index contributed by atoms with van der Waals surface area (Å²) >= 11 is 2.80. The van der Waals surface area contributed by atoms with Gasteiger partial charge >= 0.3 is 5.97 Å². The van der Waals surface area contributed by atoms with Crippen LogP contribution in [0.3, 0.4) is 0 Å². The van der Waals surface area contributed by atoms with Crippen molar-refractivity contribution in [3.05, 3.63) is 47.8 Å². The molecule has 2 aliphatic carbocycles. The molecule has 0 spiro atoms. The van der Waals surface area contributed by atoms with Crippen molar-refractivity contribution in [2.45, 2.75) is 61.9 Å². The molecular weight excluding hydrogens is 456 g/mol. The molecule has 0 saturated heterocycles. The van der Waals surface area contributed by atoms with Crippen molar-refractivity contribution < 1.29 is 14.3 Å². The summed E-state index contributed by atoms with van der Waals surface area (Å²) in [6.07, 6.45) is 4.63. The van der Waals surface area contributed by atoms with Crippen LogP contribution in [0.2, 0.25) is 0 Å². The van der Waals surface area contributed by atoms with Gasteiger partial charge in [-0.05, 0) is 51.2 Å². The first-order valence-corrected chi connectivity index (χ1v) is 13.0. The van der Waals surface area contributed by atoms with E-state index in [1.54, 1.807) is 13.0 Å². The highest BCUT2D eigenvalue weighted by Crippen LogP contribution is 2.46. The predicted molar refractivity (Wildman–Crippen MR) is 130 cm³/mol. The van der Waals surface area contributed by atoms with Gasteiger partial charge in [0.25, 0.3) is 0 Å². The number of hydrogen-bond acceptors (Lipinski definition) is 7. The lowest BCUT2D eigenvalue weighted by molar-refractivity contribution is -0.115. The molecule has 33 heavy (non-hydrogen) atoms. The van der Waals surface area contributed by atoms with Crippen LogP contribution in [0.1, 0.15) is 67.7 Å². The highest BCUT2D eigenvalue weighted by atomic mass is 32.2. The van der Waals surface area contributed by atoms with E-state index in [4.69, 9.17) is 4.74 Å². The summed E-state index contributed by atoms with van der Waals surface area (Å²) in [5.74, 6) is 0.980. The fourth-order valence-electron chi connectivity index (χ4n) is 3.68. The van der Waals surface area contributed by atoms with Gasteiger partial charge in [-0.25, -0.2) is 4.79 Å². The number of benzene rings is 1. The van der Waals surface area contributed by atoms with E-state index in [9.17, 15) is 9.59 Å². The van der Waals surface area contributed by atoms with Crippen molar-refractivity contribution >= 4 is 40.0 Å². The molecule has 2 heterocycles. The molecule has 2 fully saturated rings. The van der Waals surface area contributed by atoms with Crippen molar-refractivity contribution in [3.63, 3.8) is 0 Å². The smallest absolute Gasteiger partial charge is 0.341 e. The summed E-state index contributed by atoms with van der Waals surface area (Å²) in [7, 11) is 0. The first-order chi connectivity index (χ1) is 16.0. The van der Waals surface area contributed by atoms with E-state index in [-0.39, 0.29) is 12.5 Å². The lowest BCUT2D eigenvalue weighted by Gasteiger charge is -2.13. The monoisotopic (exact) mass is 482 g/mol. The third-order valence-corrected chi connectivity index (χ3v) is 7.88. The predicted octanol–water partition coefficient (Wildman–Crippen LogP) is 5.51. The Balaban J connectivity index is 1.34. The first kappa shape index (κ1) is 22.2. The number of nitrogens with zero attached hydrogens (tertiary/aromatic N) is 3. The molecule has 172 valence electrons. The first-order valence-electron chi connectivity index (χ1n) is 11.3. The van der Waals surface area contributed by atoms with Gasteiger partial charge in [0.05, 0.1) is 17.4 Å². The molecule has 1 amide bonds. The summed E-state index contributed by atoms with van der Waals surface area (Å²) in [6.45, 7) is 3.90. The quantitative estimate of drug-likeness (QED) is 0.319. The minimum absolute atomic E-state index is 0.176. The van der Waals surface area contributed by atoms with Crippen molar-refractivity contribution in [3.8, 4) is 10.4 Å². The fourth-order valence-corrected chi connectivity index (χ4v) is 5.66.